The average molecular weight is 195 g/mol. The van der Waals surface area contributed by atoms with E-state index in [-0.39, 0.29) is 11.9 Å². The van der Waals surface area contributed by atoms with Crippen molar-refractivity contribution in [2.75, 3.05) is 19.7 Å². The molecule has 1 unspecified atom stereocenters. The van der Waals surface area contributed by atoms with Gasteiger partial charge in [-0.15, -0.1) is 0 Å². The van der Waals surface area contributed by atoms with Crippen LogP contribution < -0.4 is 5.32 Å². The van der Waals surface area contributed by atoms with Crippen molar-refractivity contribution >= 4 is 0 Å². The summed E-state index contributed by atoms with van der Waals surface area (Å²) in [5, 5.41) is 3.26. The zero-order chi connectivity index (χ0) is 9.80. The Bertz CT molecular complexity index is 278. The summed E-state index contributed by atoms with van der Waals surface area (Å²) in [6.45, 7) is 2.59. The van der Waals surface area contributed by atoms with Crippen LogP contribution in [0.15, 0.2) is 24.3 Å². The Kier molecular flexibility index (Phi) is 3.11. The van der Waals surface area contributed by atoms with Gasteiger partial charge in [0.25, 0.3) is 0 Å². The van der Waals surface area contributed by atoms with Crippen LogP contribution in [0.3, 0.4) is 0 Å². The smallest absolute Gasteiger partial charge is 0.123 e. The van der Waals surface area contributed by atoms with Gasteiger partial charge in [-0.05, 0) is 30.7 Å². The molecule has 1 atom stereocenters. The van der Waals surface area contributed by atoms with E-state index >= 15 is 0 Å². The SMILES string of the molecule is Fc1ccc(C2CCNCCO2)cc1. The van der Waals surface area contributed by atoms with E-state index in [0.717, 1.165) is 31.7 Å². The van der Waals surface area contributed by atoms with Gasteiger partial charge in [-0.1, -0.05) is 12.1 Å². The molecule has 0 aliphatic carbocycles. The van der Waals surface area contributed by atoms with Crippen LogP contribution in [-0.2, 0) is 4.74 Å². The Balaban J connectivity index is 2.08. The van der Waals surface area contributed by atoms with Crippen LogP contribution in [0.25, 0.3) is 0 Å². The van der Waals surface area contributed by atoms with Crippen molar-refractivity contribution in [1.82, 2.24) is 5.32 Å². The molecule has 0 spiro atoms. The zero-order valence-corrected chi connectivity index (χ0v) is 8.00. The third-order valence-corrected chi connectivity index (χ3v) is 2.42. The molecule has 0 radical (unpaired) electrons. The molecule has 76 valence electrons. The highest BCUT2D eigenvalue weighted by Gasteiger charge is 2.13. The highest BCUT2D eigenvalue weighted by molar-refractivity contribution is 5.18. The van der Waals surface area contributed by atoms with Crippen molar-refractivity contribution < 1.29 is 9.13 Å². The molecule has 14 heavy (non-hydrogen) atoms. The van der Waals surface area contributed by atoms with Crippen molar-refractivity contribution in [2.45, 2.75) is 12.5 Å². The van der Waals surface area contributed by atoms with Crippen molar-refractivity contribution in [3.05, 3.63) is 35.6 Å². The predicted octanol–water partition coefficient (Wildman–Crippen LogP) is 1.88. The lowest BCUT2D eigenvalue weighted by Crippen LogP contribution is -2.16. The Morgan fingerprint density at radius 2 is 2.00 bits per heavy atom. The fourth-order valence-electron chi connectivity index (χ4n) is 1.66. The third kappa shape index (κ3) is 2.30. The van der Waals surface area contributed by atoms with Crippen LogP contribution in [0.2, 0.25) is 0 Å². The van der Waals surface area contributed by atoms with Gasteiger partial charge in [-0.3, -0.25) is 0 Å². The molecule has 0 saturated carbocycles. The van der Waals surface area contributed by atoms with Gasteiger partial charge in [0.1, 0.15) is 5.82 Å². The van der Waals surface area contributed by atoms with Crippen LogP contribution in [-0.4, -0.2) is 19.7 Å². The first-order chi connectivity index (χ1) is 6.86. The fraction of sp³-hybridized carbons (Fsp3) is 0.455. The Hall–Kier alpha value is -0.930. The highest BCUT2D eigenvalue weighted by atomic mass is 19.1. The van der Waals surface area contributed by atoms with Gasteiger partial charge in [0.2, 0.25) is 0 Å². The summed E-state index contributed by atoms with van der Waals surface area (Å²) in [4.78, 5) is 0. The van der Waals surface area contributed by atoms with Crippen molar-refractivity contribution in [3.8, 4) is 0 Å². The molecule has 0 aromatic heterocycles. The summed E-state index contributed by atoms with van der Waals surface area (Å²) in [6, 6.07) is 6.56. The Morgan fingerprint density at radius 3 is 2.79 bits per heavy atom. The Morgan fingerprint density at radius 1 is 1.21 bits per heavy atom. The summed E-state index contributed by atoms with van der Waals surface area (Å²) in [7, 11) is 0. The lowest BCUT2D eigenvalue weighted by Gasteiger charge is -2.14. The first-order valence-electron chi connectivity index (χ1n) is 4.94. The molecule has 1 aliphatic heterocycles. The van der Waals surface area contributed by atoms with Gasteiger partial charge >= 0.3 is 0 Å². The van der Waals surface area contributed by atoms with Crippen LogP contribution in [0.1, 0.15) is 18.1 Å². The second-order valence-corrected chi connectivity index (χ2v) is 3.45. The second-order valence-electron chi connectivity index (χ2n) is 3.45. The molecule has 1 fully saturated rings. The largest absolute Gasteiger partial charge is 0.372 e. The van der Waals surface area contributed by atoms with E-state index in [1.165, 1.54) is 12.1 Å². The van der Waals surface area contributed by atoms with Crippen molar-refractivity contribution in [3.63, 3.8) is 0 Å². The lowest BCUT2D eigenvalue weighted by atomic mass is 10.1. The van der Waals surface area contributed by atoms with Gasteiger partial charge in [0.05, 0.1) is 12.7 Å². The minimum atomic E-state index is -0.194. The third-order valence-electron chi connectivity index (χ3n) is 2.42. The van der Waals surface area contributed by atoms with Gasteiger partial charge in [0, 0.05) is 6.54 Å². The zero-order valence-electron chi connectivity index (χ0n) is 8.00. The summed E-state index contributed by atoms with van der Waals surface area (Å²) in [5.74, 6) is -0.194. The molecule has 1 aromatic carbocycles. The summed E-state index contributed by atoms with van der Waals surface area (Å²) in [5.41, 5.74) is 1.06. The van der Waals surface area contributed by atoms with E-state index in [1.54, 1.807) is 12.1 Å². The normalized spacial score (nSPS) is 23.1. The summed E-state index contributed by atoms with van der Waals surface area (Å²) >= 11 is 0. The molecule has 1 heterocycles. The van der Waals surface area contributed by atoms with Crippen LogP contribution in [0.5, 0.6) is 0 Å². The minimum absolute atomic E-state index is 0.116. The molecular weight excluding hydrogens is 181 g/mol. The molecule has 0 bridgehead atoms. The molecule has 1 saturated heterocycles. The number of ether oxygens (including phenoxy) is 1. The molecule has 2 rings (SSSR count). The van der Waals surface area contributed by atoms with Crippen LogP contribution in [0.4, 0.5) is 4.39 Å². The number of hydrogen-bond acceptors (Lipinski definition) is 2. The molecule has 1 aromatic rings. The number of halogens is 1. The predicted molar refractivity (Wildman–Crippen MR) is 52.6 cm³/mol. The number of benzene rings is 1. The molecule has 2 nitrogen and oxygen atoms in total. The molecule has 0 amide bonds. The van der Waals surface area contributed by atoms with Crippen LogP contribution >= 0.6 is 0 Å². The van der Waals surface area contributed by atoms with E-state index in [2.05, 4.69) is 5.32 Å². The Labute approximate surface area is 83.1 Å². The van der Waals surface area contributed by atoms with Gasteiger partial charge < -0.3 is 10.1 Å². The molecular formula is C11H14FNO. The summed E-state index contributed by atoms with van der Waals surface area (Å²) in [6.07, 6.45) is 1.07. The average Bonchev–Trinajstić information content (AvgIpc) is 2.47. The van der Waals surface area contributed by atoms with E-state index < -0.39 is 0 Å². The van der Waals surface area contributed by atoms with E-state index in [0.29, 0.717) is 0 Å². The second kappa shape index (κ2) is 4.53. The number of nitrogens with one attached hydrogen (secondary N) is 1. The molecule has 1 aliphatic rings. The summed E-state index contributed by atoms with van der Waals surface area (Å²) < 4.78 is 18.3. The molecule has 3 heteroatoms. The quantitative estimate of drug-likeness (QED) is 0.738. The maximum absolute atomic E-state index is 12.7. The van der Waals surface area contributed by atoms with E-state index in [1.807, 2.05) is 0 Å². The lowest BCUT2D eigenvalue weighted by molar-refractivity contribution is 0.0644. The fourth-order valence-corrected chi connectivity index (χ4v) is 1.66. The first kappa shape index (κ1) is 9.62. The van der Waals surface area contributed by atoms with E-state index in [4.69, 9.17) is 4.74 Å². The maximum atomic E-state index is 12.7. The maximum Gasteiger partial charge on any atom is 0.123 e. The first-order valence-corrected chi connectivity index (χ1v) is 4.94. The van der Waals surface area contributed by atoms with E-state index in [9.17, 15) is 4.39 Å². The topological polar surface area (TPSA) is 21.3 Å². The highest BCUT2D eigenvalue weighted by Crippen LogP contribution is 2.21. The van der Waals surface area contributed by atoms with Crippen LogP contribution in [0, 0.1) is 5.82 Å². The van der Waals surface area contributed by atoms with Gasteiger partial charge in [-0.2, -0.15) is 0 Å². The minimum Gasteiger partial charge on any atom is -0.372 e. The van der Waals surface area contributed by atoms with Crippen molar-refractivity contribution in [1.29, 1.82) is 0 Å². The van der Waals surface area contributed by atoms with Gasteiger partial charge in [0.15, 0.2) is 0 Å². The van der Waals surface area contributed by atoms with Crippen molar-refractivity contribution in [2.24, 2.45) is 0 Å². The van der Waals surface area contributed by atoms with Gasteiger partial charge in [-0.25, -0.2) is 4.39 Å². The standard InChI is InChI=1S/C11H14FNO/c12-10-3-1-9(2-4-10)11-5-6-13-7-8-14-11/h1-4,11,13H,5-8H2. The number of rotatable bonds is 1. The molecule has 1 N–H and O–H groups in total. The number of hydrogen-bond donors (Lipinski definition) is 1. The monoisotopic (exact) mass is 195 g/mol.